The van der Waals surface area contributed by atoms with E-state index >= 15 is 0 Å². The maximum atomic E-state index is 12.0. The molecule has 2 aromatic carbocycles. The van der Waals surface area contributed by atoms with Crippen molar-refractivity contribution in [3.63, 3.8) is 0 Å². The van der Waals surface area contributed by atoms with Crippen molar-refractivity contribution in [1.29, 1.82) is 0 Å². The van der Waals surface area contributed by atoms with Crippen LogP contribution in [0.5, 0.6) is 0 Å². The molecular formula is C22H19Cl2N3O3. The molecule has 0 aliphatic rings. The minimum Gasteiger partial charge on any atom is -0.452 e. The summed E-state index contributed by atoms with van der Waals surface area (Å²) in [7, 11) is 0. The molecule has 1 aromatic heterocycles. The molecule has 3 rings (SSSR count). The molecule has 154 valence electrons. The first-order valence-electron chi connectivity index (χ1n) is 9.10. The summed E-state index contributed by atoms with van der Waals surface area (Å²) in [4.78, 5) is 23.9. The summed E-state index contributed by atoms with van der Waals surface area (Å²) >= 11 is 12.4. The third-order valence-corrected chi connectivity index (χ3v) is 4.89. The monoisotopic (exact) mass is 443 g/mol. The van der Waals surface area contributed by atoms with Crippen LogP contribution in [0.2, 0.25) is 10.2 Å². The SMILES string of the molecule is Cc1nn(Cc2ccccc2)c(Cl)c1/C=C/C(=O)OCC(=O)Nc1ccccc1Cl. The van der Waals surface area contributed by atoms with Gasteiger partial charge in [-0.1, -0.05) is 65.7 Å². The number of nitrogens with one attached hydrogen (secondary N) is 1. The number of hydrogen-bond acceptors (Lipinski definition) is 4. The molecule has 0 radical (unpaired) electrons. The summed E-state index contributed by atoms with van der Waals surface area (Å²) in [6.45, 7) is 1.88. The molecule has 0 saturated heterocycles. The van der Waals surface area contributed by atoms with Crippen molar-refractivity contribution in [3.05, 3.63) is 87.7 Å². The minimum atomic E-state index is -0.671. The lowest BCUT2D eigenvalue weighted by Crippen LogP contribution is -2.20. The highest BCUT2D eigenvalue weighted by Gasteiger charge is 2.13. The number of para-hydroxylation sites is 1. The van der Waals surface area contributed by atoms with Gasteiger partial charge in [0, 0.05) is 11.6 Å². The zero-order chi connectivity index (χ0) is 21.5. The number of anilines is 1. The Balaban J connectivity index is 1.57. The lowest BCUT2D eigenvalue weighted by atomic mass is 10.2. The Bertz CT molecular complexity index is 1080. The van der Waals surface area contributed by atoms with Crippen molar-refractivity contribution in [2.45, 2.75) is 13.5 Å². The number of carbonyl (C=O) groups is 2. The summed E-state index contributed by atoms with van der Waals surface area (Å²) < 4.78 is 6.63. The van der Waals surface area contributed by atoms with Crippen molar-refractivity contribution >= 4 is 46.8 Å². The molecule has 0 saturated carbocycles. The van der Waals surface area contributed by atoms with Crippen molar-refractivity contribution < 1.29 is 14.3 Å². The van der Waals surface area contributed by atoms with Crippen LogP contribution in [0.15, 0.2) is 60.7 Å². The van der Waals surface area contributed by atoms with Crippen LogP contribution in [0.25, 0.3) is 6.08 Å². The summed E-state index contributed by atoms with van der Waals surface area (Å²) in [5, 5.41) is 7.81. The third-order valence-electron chi connectivity index (χ3n) is 4.16. The number of aromatic nitrogens is 2. The number of rotatable bonds is 7. The first-order valence-corrected chi connectivity index (χ1v) is 9.85. The Morgan fingerprint density at radius 2 is 1.80 bits per heavy atom. The van der Waals surface area contributed by atoms with Crippen LogP contribution in [0, 0.1) is 6.92 Å². The molecule has 3 aromatic rings. The second kappa shape index (κ2) is 10.1. The van der Waals surface area contributed by atoms with Gasteiger partial charge in [-0.25, -0.2) is 9.48 Å². The third kappa shape index (κ3) is 5.72. The largest absolute Gasteiger partial charge is 0.452 e. The van der Waals surface area contributed by atoms with Gasteiger partial charge in [0.1, 0.15) is 5.15 Å². The van der Waals surface area contributed by atoms with Crippen molar-refractivity contribution in [1.82, 2.24) is 9.78 Å². The Morgan fingerprint density at radius 1 is 1.10 bits per heavy atom. The van der Waals surface area contributed by atoms with Crippen LogP contribution in [-0.4, -0.2) is 28.3 Å². The summed E-state index contributed by atoms with van der Waals surface area (Å²) in [5.41, 5.74) is 2.80. The Labute approximate surface area is 184 Å². The Kier molecular flexibility index (Phi) is 7.27. The highest BCUT2D eigenvalue weighted by molar-refractivity contribution is 6.33. The molecule has 0 aliphatic carbocycles. The topological polar surface area (TPSA) is 73.2 Å². The number of benzene rings is 2. The molecule has 0 atom stereocenters. The average Bonchev–Trinajstić information content (AvgIpc) is 3.00. The van der Waals surface area contributed by atoms with E-state index < -0.39 is 18.5 Å². The number of halogens is 2. The Hall–Kier alpha value is -3.09. The van der Waals surface area contributed by atoms with Crippen LogP contribution in [-0.2, 0) is 20.9 Å². The highest BCUT2D eigenvalue weighted by Crippen LogP contribution is 2.22. The van der Waals surface area contributed by atoms with Crippen molar-refractivity contribution in [3.8, 4) is 0 Å². The predicted molar refractivity (Wildman–Crippen MR) is 118 cm³/mol. The summed E-state index contributed by atoms with van der Waals surface area (Å²) in [6, 6.07) is 16.6. The van der Waals surface area contributed by atoms with E-state index in [0.717, 1.165) is 5.56 Å². The first kappa shape index (κ1) is 21.6. The Morgan fingerprint density at radius 3 is 2.53 bits per heavy atom. The van der Waals surface area contributed by atoms with Gasteiger partial charge in [0.25, 0.3) is 5.91 Å². The second-order valence-corrected chi connectivity index (χ2v) is 7.17. The molecule has 1 amide bonds. The number of carbonyl (C=O) groups excluding carboxylic acids is 2. The number of nitrogens with zero attached hydrogens (tertiary/aromatic N) is 2. The zero-order valence-electron chi connectivity index (χ0n) is 16.1. The van der Waals surface area contributed by atoms with Gasteiger partial charge in [-0.05, 0) is 30.7 Å². The van der Waals surface area contributed by atoms with Crippen LogP contribution >= 0.6 is 23.2 Å². The summed E-state index contributed by atoms with van der Waals surface area (Å²) in [6.07, 6.45) is 2.74. The van der Waals surface area contributed by atoms with Gasteiger partial charge in [0.15, 0.2) is 6.61 Å². The fourth-order valence-corrected chi connectivity index (χ4v) is 3.18. The van der Waals surface area contributed by atoms with E-state index in [1.165, 1.54) is 12.2 Å². The molecule has 1 N–H and O–H groups in total. The second-order valence-electron chi connectivity index (χ2n) is 6.40. The van der Waals surface area contributed by atoms with E-state index in [9.17, 15) is 9.59 Å². The molecule has 30 heavy (non-hydrogen) atoms. The van der Waals surface area contributed by atoms with E-state index in [0.29, 0.717) is 33.7 Å². The quantitative estimate of drug-likeness (QED) is 0.422. The van der Waals surface area contributed by atoms with Crippen LogP contribution < -0.4 is 5.32 Å². The van der Waals surface area contributed by atoms with E-state index in [4.69, 9.17) is 27.9 Å². The van der Waals surface area contributed by atoms with Crippen molar-refractivity contribution in [2.24, 2.45) is 0 Å². The summed E-state index contributed by atoms with van der Waals surface area (Å²) in [5.74, 6) is -1.16. The fourth-order valence-electron chi connectivity index (χ4n) is 2.70. The van der Waals surface area contributed by atoms with Crippen LogP contribution in [0.4, 0.5) is 5.69 Å². The lowest BCUT2D eigenvalue weighted by molar-refractivity contribution is -0.142. The molecule has 1 heterocycles. The average molecular weight is 444 g/mol. The molecule has 0 bridgehead atoms. The van der Waals surface area contributed by atoms with E-state index in [2.05, 4.69) is 10.4 Å². The minimum absolute atomic E-state index is 0.398. The van der Waals surface area contributed by atoms with Gasteiger partial charge < -0.3 is 10.1 Å². The lowest BCUT2D eigenvalue weighted by Gasteiger charge is -2.06. The van der Waals surface area contributed by atoms with Crippen LogP contribution in [0.1, 0.15) is 16.8 Å². The number of aryl methyl sites for hydroxylation is 1. The normalized spacial score (nSPS) is 10.9. The van der Waals surface area contributed by atoms with E-state index in [-0.39, 0.29) is 0 Å². The maximum absolute atomic E-state index is 12.0. The molecule has 0 spiro atoms. The molecule has 0 unspecified atom stereocenters. The number of amides is 1. The van der Waals surface area contributed by atoms with Gasteiger partial charge in [0.2, 0.25) is 0 Å². The standard InChI is InChI=1S/C22H19Cl2N3O3/c1-15-17(22(24)27(26-15)13-16-7-3-2-4-8-16)11-12-21(29)30-14-20(28)25-19-10-6-5-9-18(19)23/h2-12H,13-14H2,1H3,(H,25,28)/b12-11+. The van der Waals surface area contributed by atoms with Gasteiger partial charge >= 0.3 is 5.97 Å². The fraction of sp³-hybridized carbons (Fsp3) is 0.136. The number of ether oxygens (including phenoxy) is 1. The molecular weight excluding hydrogens is 425 g/mol. The van der Waals surface area contributed by atoms with Gasteiger partial charge in [0.05, 0.1) is 22.9 Å². The van der Waals surface area contributed by atoms with Gasteiger partial charge in [-0.2, -0.15) is 5.10 Å². The molecule has 0 aliphatic heterocycles. The zero-order valence-corrected chi connectivity index (χ0v) is 17.7. The van der Waals surface area contributed by atoms with Gasteiger partial charge in [-0.15, -0.1) is 0 Å². The van der Waals surface area contributed by atoms with Gasteiger partial charge in [-0.3, -0.25) is 4.79 Å². The molecule has 8 heteroatoms. The molecule has 6 nitrogen and oxygen atoms in total. The number of hydrogen-bond donors (Lipinski definition) is 1. The van der Waals surface area contributed by atoms with E-state index in [1.807, 2.05) is 30.3 Å². The maximum Gasteiger partial charge on any atom is 0.331 e. The highest BCUT2D eigenvalue weighted by atomic mass is 35.5. The van der Waals surface area contributed by atoms with Crippen molar-refractivity contribution in [2.75, 3.05) is 11.9 Å². The molecule has 0 fully saturated rings. The van der Waals surface area contributed by atoms with Crippen LogP contribution in [0.3, 0.4) is 0 Å². The first-order chi connectivity index (χ1) is 14.4. The van der Waals surface area contributed by atoms with E-state index in [1.54, 1.807) is 35.9 Å². The predicted octanol–water partition coefficient (Wildman–Crippen LogP) is 4.74. The number of esters is 1. The smallest absolute Gasteiger partial charge is 0.331 e.